The normalized spacial score (nSPS) is 10.0. The summed E-state index contributed by atoms with van der Waals surface area (Å²) >= 11 is 0. The van der Waals surface area contributed by atoms with Crippen LogP contribution in [-0.2, 0) is 0 Å². The summed E-state index contributed by atoms with van der Waals surface area (Å²) in [6.07, 6.45) is 4.86. The van der Waals surface area contributed by atoms with E-state index in [-0.39, 0.29) is 5.91 Å². The fourth-order valence-electron chi connectivity index (χ4n) is 1.80. The highest BCUT2D eigenvalue weighted by Crippen LogP contribution is 2.11. The Hall–Kier alpha value is -2.76. The highest BCUT2D eigenvalue weighted by Gasteiger charge is 2.14. The van der Waals surface area contributed by atoms with Gasteiger partial charge in [-0.3, -0.25) is 4.79 Å². The Morgan fingerprint density at radius 3 is 2.65 bits per heavy atom. The van der Waals surface area contributed by atoms with E-state index in [9.17, 15) is 4.79 Å². The lowest BCUT2D eigenvalue weighted by molar-refractivity contribution is 0.0791. The van der Waals surface area contributed by atoms with Crippen molar-refractivity contribution in [3.05, 3.63) is 61.5 Å². The lowest BCUT2D eigenvalue weighted by atomic mass is 10.1. The van der Waals surface area contributed by atoms with Crippen LogP contribution in [0.5, 0.6) is 0 Å². The van der Waals surface area contributed by atoms with Crippen molar-refractivity contribution in [1.29, 1.82) is 0 Å². The van der Waals surface area contributed by atoms with Crippen LogP contribution < -0.4 is 0 Å². The van der Waals surface area contributed by atoms with E-state index in [4.69, 9.17) is 0 Å². The van der Waals surface area contributed by atoms with Crippen molar-refractivity contribution >= 4 is 5.91 Å². The van der Waals surface area contributed by atoms with Crippen LogP contribution in [0.1, 0.15) is 10.4 Å². The van der Waals surface area contributed by atoms with E-state index in [1.807, 2.05) is 6.07 Å². The SMILES string of the molecule is C=CCN(CC=C)C(=O)c1cccc(-n2cnnn2)c1. The quantitative estimate of drug-likeness (QED) is 0.745. The Kier molecular flexibility index (Phi) is 4.39. The summed E-state index contributed by atoms with van der Waals surface area (Å²) in [6.45, 7) is 8.26. The van der Waals surface area contributed by atoms with Crippen molar-refractivity contribution in [2.24, 2.45) is 0 Å². The molecule has 1 aromatic heterocycles. The van der Waals surface area contributed by atoms with Gasteiger partial charge in [-0.15, -0.1) is 18.3 Å². The van der Waals surface area contributed by atoms with Crippen molar-refractivity contribution in [2.75, 3.05) is 13.1 Å². The molecule has 0 radical (unpaired) electrons. The molecule has 0 saturated carbocycles. The van der Waals surface area contributed by atoms with Crippen molar-refractivity contribution in [1.82, 2.24) is 25.1 Å². The molecule has 0 N–H and O–H groups in total. The molecule has 6 heteroatoms. The number of aromatic nitrogens is 4. The van der Waals surface area contributed by atoms with Gasteiger partial charge in [-0.25, -0.2) is 4.68 Å². The first kappa shape index (κ1) is 13.7. The number of hydrogen-bond donors (Lipinski definition) is 0. The average molecular weight is 269 g/mol. The smallest absolute Gasteiger partial charge is 0.254 e. The first-order chi connectivity index (χ1) is 9.76. The molecule has 6 nitrogen and oxygen atoms in total. The summed E-state index contributed by atoms with van der Waals surface area (Å²) in [5.74, 6) is -0.0836. The minimum atomic E-state index is -0.0836. The summed E-state index contributed by atoms with van der Waals surface area (Å²) in [5.41, 5.74) is 1.31. The van der Waals surface area contributed by atoms with E-state index in [1.165, 1.54) is 11.0 Å². The molecule has 0 bridgehead atoms. The van der Waals surface area contributed by atoms with Crippen molar-refractivity contribution in [3.63, 3.8) is 0 Å². The van der Waals surface area contributed by atoms with Crippen LogP contribution in [0, 0.1) is 0 Å². The molecule has 0 aliphatic rings. The van der Waals surface area contributed by atoms with Crippen LogP contribution in [0.3, 0.4) is 0 Å². The largest absolute Gasteiger partial charge is 0.331 e. The van der Waals surface area contributed by atoms with Gasteiger partial charge in [0.2, 0.25) is 0 Å². The minimum Gasteiger partial charge on any atom is -0.331 e. The Morgan fingerprint density at radius 2 is 2.05 bits per heavy atom. The van der Waals surface area contributed by atoms with Crippen LogP contribution in [0.4, 0.5) is 0 Å². The molecule has 0 atom stereocenters. The molecule has 2 rings (SSSR count). The predicted octanol–water partition coefficient (Wildman–Crippen LogP) is 1.48. The number of amides is 1. The molecule has 0 saturated heterocycles. The van der Waals surface area contributed by atoms with E-state index >= 15 is 0 Å². The minimum absolute atomic E-state index is 0.0836. The Morgan fingerprint density at radius 1 is 1.30 bits per heavy atom. The van der Waals surface area contributed by atoms with Gasteiger partial charge in [0, 0.05) is 18.7 Å². The third-order valence-electron chi connectivity index (χ3n) is 2.69. The molecule has 0 spiro atoms. The second-order valence-electron chi connectivity index (χ2n) is 4.09. The highest BCUT2D eigenvalue weighted by molar-refractivity contribution is 5.95. The number of carbonyl (C=O) groups excluding carboxylic acids is 1. The predicted molar refractivity (Wildman–Crippen MR) is 75.5 cm³/mol. The molecule has 1 heterocycles. The molecule has 102 valence electrons. The van der Waals surface area contributed by atoms with Crippen LogP contribution >= 0.6 is 0 Å². The molecule has 0 aliphatic carbocycles. The van der Waals surface area contributed by atoms with Crippen molar-refractivity contribution in [2.45, 2.75) is 0 Å². The van der Waals surface area contributed by atoms with Crippen LogP contribution in [0.25, 0.3) is 5.69 Å². The topological polar surface area (TPSA) is 63.9 Å². The number of nitrogens with zero attached hydrogens (tertiary/aromatic N) is 5. The molecule has 0 unspecified atom stereocenters. The van der Waals surface area contributed by atoms with Gasteiger partial charge in [0.15, 0.2) is 0 Å². The van der Waals surface area contributed by atoms with Gasteiger partial charge in [0.25, 0.3) is 5.91 Å². The van der Waals surface area contributed by atoms with E-state index in [1.54, 1.807) is 35.3 Å². The van der Waals surface area contributed by atoms with Crippen LogP contribution in [0.15, 0.2) is 55.9 Å². The summed E-state index contributed by atoms with van der Waals surface area (Å²) in [4.78, 5) is 14.1. The number of tetrazole rings is 1. The van der Waals surface area contributed by atoms with E-state index in [0.717, 1.165) is 5.69 Å². The van der Waals surface area contributed by atoms with Gasteiger partial charge in [0.1, 0.15) is 6.33 Å². The van der Waals surface area contributed by atoms with E-state index < -0.39 is 0 Å². The maximum absolute atomic E-state index is 12.4. The Balaban J connectivity index is 2.27. The fourth-order valence-corrected chi connectivity index (χ4v) is 1.80. The number of rotatable bonds is 6. The molecule has 1 aromatic carbocycles. The zero-order chi connectivity index (χ0) is 14.4. The van der Waals surface area contributed by atoms with Crippen molar-refractivity contribution < 1.29 is 4.79 Å². The Bertz CT molecular complexity index is 596. The van der Waals surface area contributed by atoms with Gasteiger partial charge in [-0.2, -0.15) is 0 Å². The second kappa shape index (κ2) is 6.42. The van der Waals surface area contributed by atoms with Crippen LogP contribution in [-0.4, -0.2) is 44.1 Å². The van der Waals surface area contributed by atoms with Gasteiger partial charge < -0.3 is 4.90 Å². The second-order valence-corrected chi connectivity index (χ2v) is 4.09. The van der Waals surface area contributed by atoms with E-state index in [0.29, 0.717) is 18.7 Å². The average Bonchev–Trinajstić information content (AvgIpc) is 3.01. The summed E-state index contributed by atoms with van der Waals surface area (Å²) < 4.78 is 1.50. The monoisotopic (exact) mass is 269 g/mol. The first-order valence-electron chi connectivity index (χ1n) is 6.10. The van der Waals surface area contributed by atoms with Crippen molar-refractivity contribution in [3.8, 4) is 5.69 Å². The maximum atomic E-state index is 12.4. The summed E-state index contributed by atoms with van der Waals surface area (Å²) in [7, 11) is 0. The summed E-state index contributed by atoms with van der Waals surface area (Å²) in [5, 5.41) is 11.0. The molecular weight excluding hydrogens is 254 g/mol. The molecule has 20 heavy (non-hydrogen) atoms. The highest BCUT2D eigenvalue weighted by atomic mass is 16.2. The molecule has 0 aliphatic heterocycles. The Labute approximate surface area is 117 Å². The zero-order valence-corrected chi connectivity index (χ0v) is 11.0. The fraction of sp³-hybridized carbons (Fsp3) is 0.143. The lowest BCUT2D eigenvalue weighted by Gasteiger charge is -2.19. The number of benzene rings is 1. The van der Waals surface area contributed by atoms with Gasteiger partial charge in [0.05, 0.1) is 5.69 Å². The zero-order valence-electron chi connectivity index (χ0n) is 11.0. The maximum Gasteiger partial charge on any atom is 0.254 e. The lowest BCUT2D eigenvalue weighted by Crippen LogP contribution is -2.31. The number of carbonyl (C=O) groups is 1. The number of hydrogen-bond acceptors (Lipinski definition) is 4. The van der Waals surface area contributed by atoms with Gasteiger partial charge in [-0.05, 0) is 28.6 Å². The first-order valence-corrected chi connectivity index (χ1v) is 6.10. The third-order valence-corrected chi connectivity index (χ3v) is 2.69. The molecule has 2 aromatic rings. The summed E-state index contributed by atoms with van der Waals surface area (Å²) in [6, 6.07) is 7.13. The third kappa shape index (κ3) is 2.97. The van der Waals surface area contributed by atoms with Crippen LogP contribution in [0.2, 0.25) is 0 Å². The standard InChI is InChI=1S/C14H15N5O/c1-3-8-18(9-4-2)14(20)12-6-5-7-13(10-12)19-11-15-16-17-19/h3-7,10-11H,1-2,8-9H2. The van der Waals surface area contributed by atoms with E-state index in [2.05, 4.69) is 28.7 Å². The van der Waals surface area contributed by atoms with Gasteiger partial charge >= 0.3 is 0 Å². The molecule has 0 fully saturated rings. The molecular formula is C14H15N5O. The van der Waals surface area contributed by atoms with Gasteiger partial charge in [-0.1, -0.05) is 18.2 Å². The molecule has 1 amide bonds.